The van der Waals surface area contributed by atoms with Crippen LogP contribution in [-0.2, 0) is 28.2 Å². The van der Waals surface area contributed by atoms with E-state index >= 15 is 0 Å². The minimum atomic E-state index is 0. The summed E-state index contributed by atoms with van der Waals surface area (Å²) in [6.45, 7) is 0.262. The molecule has 14 heavy (non-hydrogen) atoms. The van der Waals surface area contributed by atoms with Crippen molar-refractivity contribution in [3.05, 3.63) is 0 Å². The molecular weight excluding hydrogens is 241 g/mol. The van der Waals surface area contributed by atoms with E-state index in [-0.39, 0.29) is 37.6 Å². The average molecular weight is 258 g/mol. The quantitative estimate of drug-likeness (QED) is 0.461. The number of ketones is 1. The third-order valence-electron chi connectivity index (χ3n) is 1.47. The minimum absolute atomic E-state index is 0. The molecule has 0 aromatic heterocycles. The first-order valence-electron chi connectivity index (χ1n) is 4.33. The van der Waals surface area contributed by atoms with Crippen molar-refractivity contribution in [3.63, 3.8) is 0 Å². The third kappa shape index (κ3) is 12.5. The number of carbonyl (C=O) groups excluding carboxylic acids is 1. The predicted octanol–water partition coefficient (Wildman–Crippen LogP) is 0.339. The molecule has 83 valence electrons. The zero-order valence-electron chi connectivity index (χ0n) is 8.15. The summed E-state index contributed by atoms with van der Waals surface area (Å²) in [4.78, 5) is 15.1. The minimum Gasteiger partial charge on any atom is -0.396 e. The fourth-order valence-electron chi connectivity index (χ4n) is 0.769. The van der Waals surface area contributed by atoms with Crippen molar-refractivity contribution in [2.45, 2.75) is 19.3 Å². The maximum Gasteiger partial charge on any atom is 0.161 e. The monoisotopic (exact) mass is 258 g/mol. The molecule has 0 rings (SSSR count). The van der Waals surface area contributed by atoms with E-state index in [2.05, 4.69) is 4.84 Å². The van der Waals surface area contributed by atoms with E-state index in [9.17, 15) is 4.79 Å². The maximum atomic E-state index is 10.9. The summed E-state index contributed by atoms with van der Waals surface area (Å²) in [5, 5.41) is 8.49. The van der Waals surface area contributed by atoms with Crippen LogP contribution in [0.1, 0.15) is 19.3 Å². The number of hydrogen-bond acceptors (Lipinski definition) is 5. The second kappa shape index (κ2) is 13.5. The summed E-state index contributed by atoms with van der Waals surface area (Å²) in [6, 6.07) is 0. The van der Waals surface area contributed by atoms with E-state index in [4.69, 9.17) is 11.0 Å². The SMILES string of the molecule is NOCC(=O)CCSCCCCO.[V]. The van der Waals surface area contributed by atoms with E-state index < -0.39 is 0 Å². The Morgan fingerprint density at radius 2 is 2.07 bits per heavy atom. The smallest absolute Gasteiger partial charge is 0.161 e. The van der Waals surface area contributed by atoms with Crippen LogP contribution in [0.25, 0.3) is 0 Å². The summed E-state index contributed by atoms with van der Waals surface area (Å²) in [5.74, 6) is 6.59. The number of aliphatic hydroxyl groups excluding tert-OH is 1. The van der Waals surface area contributed by atoms with Crippen LogP contribution < -0.4 is 5.90 Å². The predicted molar refractivity (Wildman–Crippen MR) is 53.4 cm³/mol. The van der Waals surface area contributed by atoms with Crippen molar-refractivity contribution in [3.8, 4) is 0 Å². The summed E-state index contributed by atoms with van der Waals surface area (Å²) in [6.07, 6.45) is 2.36. The van der Waals surface area contributed by atoms with Gasteiger partial charge in [-0.25, -0.2) is 5.90 Å². The molecule has 0 heterocycles. The van der Waals surface area contributed by atoms with Crippen molar-refractivity contribution in [1.82, 2.24) is 0 Å². The van der Waals surface area contributed by atoms with Gasteiger partial charge < -0.3 is 5.11 Å². The first-order chi connectivity index (χ1) is 6.31. The van der Waals surface area contributed by atoms with Crippen molar-refractivity contribution >= 4 is 17.5 Å². The molecule has 0 spiro atoms. The maximum absolute atomic E-state index is 10.9. The summed E-state index contributed by atoms with van der Waals surface area (Å²) in [5.41, 5.74) is 0. The van der Waals surface area contributed by atoms with E-state index in [0.717, 1.165) is 24.3 Å². The number of hydrogen-bond donors (Lipinski definition) is 2. The molecule has 0 atom stereocenters. The topological polar surface area (TPSA) is 72.5 Å². The summed E-state index contributed by atoms with van der Waals surface area (Å²) < 4.78 is 0. The van der Waals surface area contributed by atoms with Crippen LogP contribution in [0.2, 0.25) is 0 Å². The van der Waals surface area contributed by atoms with Gasteiger partial charge in [-0.1, -0.05) is 0 Å². The van der Waals surface area contributed by atoms with Crippen molar-refractivity contribution < 1.29 is 33.3 Å². The molecule has 1 radical (unpaired) electrons. The van der Waals surface area contributed by atoms with Crippen LogP contribution in [0.3, 0.4) is 0 Å². The van der Waals surface area contributed by atoms with Gasteiger partial charge in [0.05, 0.1) is 0 Å². The molecule has 0 unspecified atom stereocenters. The van der Waals surface area contributed by atoms with E-state index in [1.165, 1.54) is 0 Å². The number of nitrogens with two attached hydrogens (primary N) is 1. The normalized spacial score (nSPS) is 9.57. The number of thioether (sulfide) groups is 1. The van der Waals surface area contributed by atoms with Gasteiger partial charge in [-0.05, 0) is 18.6 Å². The molecule has 6 heteroatoms. The Kier molecular flexibility index (Phi) is 16.3. The number of Topliss-reactive ketones (excluding diaryl/α,β-unsaturated/α-hetero) is 1. The Morgan fingerprint density at radius 1 is 1.36 bits per heavy atom. The Morgan fingerprint density at radius 3 is 2.64 bits per heavy atom. The molecule has 0 saturated carbocycles. The first-order valence-corrected chi connectivity index (χ1v) is 5.48. The Hall–Kier alpha value is 0.484. The van der Waals surface area contributed by atoms with Gasteiger partial charge in [-0.15, -0.1) is 0 Å². The van der Waals surface area contributed by atoms with Crippen LogP contribution in [0, 0.1) is 0 Å². The van der Waals surface area contributed by atoms with Gasteiger partial charge in [0, 0.05) is 37.3 Å². The fourth-order valence-corrected chi connectivity index (χ4v) is 1.75. The number of rotatable bonds is 9. The van der Waals surface area contributed by atoms with Gasteiger partial charge >= 0.3 is 0 Å². The molecule has 0 bridgehead atoms. The van der Waals surface area contributed by atoms with Crippen LogP contribution in [0.4, 0.5) is 0 Å². The second-order valence-corrected chi connectivity index (χ2v) is 3.87. The largest absolute Gasteiger partial charge is 0.396 e. The molecule has 0 saturated heterocycles. The second-order valence-electron chi connectivity index (χ2n) is 2.64. The van der Waals surface area contributed by atoms with Crippen molar-refractivity contribution in [2.75, 3.05) is 24.7 Å². The summed E-state index contributed by atoms with van der Waals surface area (Å²) >= 11 is 1.72. The van der Waals surface area contributed by atoms with Crippen LogP contribution in [0.5, 0.6) is 0 Å². The van der Waals surface area contributed by atoms with E-state index in [1.807, 2.05) is 0 Å². The Labute approximate surface area is 101 Å². The number of aliphatic hydroxyl groups is 1. The van der Waals surface area contributed by atoms with Gasteiger partial charge in [0.15, 0.2) is 5.78 Å². The zero-order chi connectivity index (χ0) is 9.94. The Balaban J connectivity index is 0. The third-order valence-corrected chi connectivity index (χ3v) is 2.54. The number of carbonyl (C=O) groups is 1. The molecule has 0 fully saturated rings. The van der Waals surface area contributed by atoms with Crippen LogP contribution >= 0.6 is 11.8 Å². The molecule has 3 N–H and O–H groups in total. The van der Waals surface area contributed by atoms with Gasteiger partial charge in [0.1, 0.15) is 6.61 Å². The summed E-state index contributed by atoms with van der Waals surface area (Å²) in [7, 11) is 0. The van der Waals surface area contributed by atoms with Gasteiger partial charge in [-0.3, -0.25) is 9.63 Å². The zero-order valence-corrected chi connectivity index (χ0v) is 10.4. The molecule has 0 aliphatic heterocycles. The molecule has 0 aliphatic rings. The molecule has 0 aliphatic carbocycles. The molecule has 0 aromatic rings. The fraction of sp³-hybridized carbons (Fsp3) is 0.875. The average Bonchev–Trinajstić information content (AvgIpc) is 2.11. The van der Waals surface area contributed by atoms with Crippen LogP contribution in [0.15, 0.2) is 0 Å². The molecular formula is C8H17NO3SV. The first kappa shape index (κ1) is 16.9. The standard InChI is InChI=1S/C8H17NO3S.V/c9-12-7-8(11)3-6-13-5-2-1-4-10;/h10H,1-7,9H2;. The molecule has 0 amide bonds. The van der Waals surface area contributed by atoms with Crippen molar-refractivity contribution in [2.24, 2.45) is 5.90 Å². The van der Waals surface area contributed by atoms with Gasteiger partial charge in [0.25, 0.3) is 0 Å². The van der Waals surface area contributed by atoms with Gasteiger partial charge in [-0.2, -0.15) is 11.8 Å². The van der Waals surface area contributed by atoms with Crippen molar-refractivity contribution in [1.29, 1.82) is 0 Å². The van der Waals surface area contributed by atoms with Gasteiger partial charge in [0.2, 0.25) is 0 Å². The van der Waals surface area contributed by atoms with E-state index in [1.54, 1.807) is 11.8 Å². The Bertz CT molecular complexity index is 138. The van der Waals surface area contributed by atoms with E-state index in [0.29, 0.717) is 6.42 Å². The van der Waals surface area contributed by atoms with Crippen LogP contribution in [-0.4, -0.2) is 35.6 Å². The molecule has 4 nitrogen and oxygen atoms in total. The molecule has 0 aromatic carbocycles. The number of unbranched alkanes of at least 4 members (excludes halogenated alkanes) is 1.